The number of nitrogens with one attached hydrogen (secondary N) is 2. The van der Waals surface area contributed by atoms with E-state index in [2.05, 4.69) is 10.9 Å². The number of carbonyl (C=O) groups is 1. The number of anilines is 1. The number of carbonyl (C=O) groups excluding carboxylic acids is 1. The van der Waals surface area contributed by atoms with Crippen molar-refractivity contribution in [3.8, 4) is 0 Å². The largest absolute Gasteiger partial charge is 0.446 e. The quantitative estimate of drug-likeness (QED) is 0.493. The SMILES string of the molecule is CC/C=C/C(=O)NNc1ccc(SC(F)(F)F)cc1. The molecule has 0 atom stereocenters. The number of thioether (sulfide) groups is 1. The van der Waals surface area contributed by atoms with Gasteiger partial charge in [-0.25, -0.2) is 0 Å². The minimum Gasteiger partial charge on any atom is -0.298 e. The number of amides is 1. The number of alkyl halides is 3. The highest BCUT2D eigenvalue weighted by Crippen LogP contribution is 2.36. The number of rotatable bonds is 5. The van der Waals surface area contributed by atoms with Crippen LogP contribution in [0.3, 0.4) is 0 Å². The molecule has 0 aliphatic carbocycles. The van der Waals surface area contributed by atoms with Gasteiger partial charge in [0.05, 0.1) is 5.69 Å². The molecule has 0 heterocycles. The average molecular weight is 290 g/mol. The molecule has 0 saturated heterocycles. The monoisotopic (exact) mass is 290 g/mol. The van der Waals surface area contributed by atoms with Crippen LogP contribution < -0.4 is 10.9 Å². The van der Waals surface area contributed by atoms with Crippen molar-refractivity contribution in [1.82, 2.24) is 5.43 Å². The molecule has 0 aromatic heterocycles. The van der Waals surface area contributed by atoms with E-state index in [4.69, 9.17) is 0 Å². The van der Waals surface area contributed by atoms with Crippen LogP contribution in [0.5, 0.6) is 0 Å². The molecule has 19 heavy (non-hydrogen) atoms. The Hall–Kier alpha value is -1.63. The number of allylic oxidation sites excluding steroid dienone is 1. The van der Waals surface area contributed by atoms with E-state index < -0.39 is 5.51 Å². The normalized spacial score (nSPS) is 11.6. The van der Waals surface area contributed by atoms with Crippen LogP contribution in [-0.4, -0.2) is 11.4 Å². The minimum absolute atomic E-state index is 0.0928. The second-order valence-corrected chi connectivity index (χ2v) is 4.64. The zero-order chi connectivity index (χ0) is 14.3. The maximum atomic E-state index is 12.1. The fraction of sp³-hybridized carbons (Fsp3) is 0.250. The summed E-state index contributed by atoms with van der Waals surface area (Å²) in [5.41, 5.74) is 1.21. The fourth-order valence-corrected chi connectivity index (χ4v) is 1.68. The molecule has 0 aliphatic rings. The van der Waals surface area contributed by atoms with Crippen molar-refractivity contribution < 1.29 is 18.0 Å². The molecule has 0 spiro atoms. The molecule has 1 aromatic carbocycles. The first kappa shape index (κ1) is 15.4. The first-order valence-electron chi connectivity index (χ1n) is 5.49. The number of hydrogen-bond acceptors (Lipinski definition) is 3. The second-order valence-electron chi connectivity index (χ2n) is 3.50. The van der Waals surface area contributed by atoms with Gasteiger partial charge in [-0.1, -0.05) is 13.0 Å². The zero-order valence-corrected chi connectivity index (χ0v) is 10.9. The Morgan fingerprint density at radius 2 is 1.95 bits per heavy atom. The van der Waals surface area contributed by atoms with E-state index in [0.717, 1.165) is 6.42 Å². The van der Waals surface area contributed by atoms with E-state index in [0.29, 0.717) is 5.69 Å². The van der Waals surface area contributed by atoms with Crippen molar-refractivity contribution >= 4 is 23.4 Å². The standard InChI is InChI=1S/C12H13F3N2OS/c1-2-3-4-11(18)17-16-9-5-7-10(8-6-9)19-12(13,14)15/h3-8,16H,2H2,1H3,(H,17,18)/b4-3+. The molecule has 0 radical (unpaired) electrons. The van der Waals surface area contributed by atoms with E-state index in [1.807, 2.05) is 6.92 Å². The first-order chi connectivity index (χ1) is 8.90. The van der Waals surface area contributed by atoms with Crippen LogP contribution in [0.15, 0.2) is 41.3 Å². The van der Waals surface area contributed by atoms with Gasteiger partial charge < -0.3 is 0 Å². The topological polar surface area (TPSA) is 41.1 Å². The lowest BCUT2D eigenvalue weighted by atomic mass is 10.3. The van der Waals surface area contributed by atoms with Gasteiger partial charge in [-0.3, -0.25) is 15.6 Å². The van der Waals surface area contributed by atoms with Crippen LogP contribution >= 0.6 is 11.8 Å². The molecule has 1 amide bonds. The molecular weight excluding hydrogens is 277 g/mol. The van der Waals surface area contributed by atoms with Gasteiger partial charge in [-0.05, 0) is 42.4 Å². The third-order valence-electron chi connectivity index (χ3n) is 1.92. The summed E-state index contributed by atoms with van der Waals surface area (Å²) in [5.74, 6) is -0.324. The summed E-state index contributed by atoms with van der Waals surface area (Å²) in [4.78, 5) is 11.3. The number of hydrazine groups is 1. The van der Waals surface area contributed by atoms with Crippen molar-refractivity contribution in [2.24, 2.45) is 0 Å². The number of hydrogen-bond donors (Lipinski definition) is 2. The molecular formula is C12H13F3N2OS. The van der Waals surface area contributed by atoms with Gasteiger partial charge in [0.1, 0.15) is 0 Å². The predicted octanol–water partition coefficient (Wildman–Crippen LogP) is 3.71. The summed E-state index contributed by atoms with van der Waals surface area (Å²) in [6, 6.07) is 5.57. The lowest BCUT2D eigenvalue weighted by Crippen LogP contribution is -2.27. The fourth-order valence-electron chi connectivity index (χ4n) is 1.14. The van der Waals surface area contributed by atoms with Crippen molar-refractivity contribution in [3.63, 3.8) is 0 Å². The number of halogens is 3. The van der Waals surface area contributed by atoms with Gasteiger partial charge in [0.2, 0.25) is 0 Å². The Labute approximate surface area is 113 Å². The highest BCUT2D eigenvalue weighted by Gasteiger charge is 2.28. The van der Waals surface area contributed by atoms with E-state index in [1.165, 1.54) is 30.3 Å². The van der Waals surface area contributed by atoms with Crippen molar-refractivity contribution in [2.75, 3.05) is 5.43 Å². The maximum Gasteiger partial charge on any atom is 0.446 e. The molecule has 0 saturated carbocycles. The molecule has 0 unspecified atom stereocenters. The van der Waals surface area contributed by atoms with Crippen LogP contribution in [0.4, 0.5) is 18.9 Å². The van der Waals surface area contributed by atoms with Gasteiger partial charge >= 0.3 is 5.51 Å². The molecule has 0 aliphatic heterocycles. The van der Waals surface area contributed by atoms with Gasteiger partial charge in [0.25, 0.3) is 5.91 Å². The Morgan fingerprint density at radius 3 is 2.47 bits per heavy atom. The van der Waals surface area contributed by atoms with E-state index in [-0.39, 0.29) is 22.6 Å². The van der Waals surface area contributed by atoms with Gasteiger partial charge in [0, 0.05) is 11.0 Å². The van der Waals surface area contributed by atoms with E-state index in [9.17, 15) is 18.0 Å². The van der Waals surface area contributed by atoms with Crippen LogP contribution in [0.1, 0.15) is 13.3 Å². The Kier molecular flexibility index (Phi) is 5.75. The summed E-state index contributed by atoms with van der Waals surface area (Å²) in [7, 11) is 0. The molecule has 1 rings (SSSR count). The van der Waals surface area contributed by atoms with Gasteiger partial charge in [-0.15, -0.1) is 0 Å². The Balaban J connectivity index is 2.49. The third-order valence-corrected chi connectivity index (χ3v) is 2.66. The second kappa shape index (κ2) is 7.08. The molecule has 0 bridgehead atoms. The van der Waals surface area contributed by atoms with E-state index >= 15 is 0 Å². The lowest BCUT2D eigenvalue weighted by molar-refractivity contribution is -0.116. The molecule has 1 aromatic rings. The highest BCUT2D eigenvalue weighted by atomic mass is 32.2. The summed E-state index contributed by atoms with van der Waals surface area (Å²) in [6.45, 7) is 1.90. The molecule has 2 N–H and O–H groups in total. The smallest absolute Gasteiger partial charge is 0.298 e. The van der Waals surface area contributed by atoms with Crippen LogP contribution in [-0.2, 0) is 4.79 Å². The van der Waals surface area contributed by atoms with E-state index in [1.54, 1.807) is 6.08 Å². The summed E-state index contributed by atoms with van der Waals surface area (Å²) < 4.78 is 36.3. The lowest BCUT2D eigenvalue weighted by Gasteiger charge is -2.08. The molecule has 3 nitrogen and oxygen atoms in total. The van der Waals surface area contributed by atoms with Crippen molar-refractivity contribution in [3.05, 3.63) is 36.4 Å². The van der Waals surface area contributed by atoms with Crippen LogP contribution in [0.25, 0.3) is 0 Å². The Bertz CT molecular complexity index is 443. The summed E-state index contributed by atoms with van der Waals surface area (Å²) in [6.07, 6.45) is 3.82. The molecule has 104 valence electrons. The van der Waals surface area contributed by atoms with Crippen LogP contribution in [0, 0.1) is 0 Å². The minimum atomic E-state index is -4.30. The molecule has 7 heteroatoms. The number of benzene rings is 1. The maximum absolute atomic E-state index is 12.1. The van der Waals surface area contributed by atoms with Gasteiger partial charge in [0.15, 0.2) is 0 Å². The third kappa shape index (κ3) is 6.76. The summed E-state index contributed by atoms with van der Waals surface area (Å²) in [5, 5.41) is 0. The zero-order valence-electron chi connectivity index (χ0n) is 10.1. The van der Waals surface area contributed by atoms with Crippen LogP contribution in [0.2, 0.25) is 0 Å². The molecule has 0 fully saturated rings. The summed E-state index contributed by atoms with van der Waals surface area (Å²) >= 11 is -0.181. The Morgan fingerprint density at radius 1 is 1.32 bits per heavy atom. The first-order valence-corrected chi connectivity index (χ1v) is 6.30. The predicted molar refractivity (Wildman–Crippen MR) is 69.6 cm³/mol. The van der Waals surface area contributed by atoms with Crippen molar-refractivity contribution in [1.29, 1.82) is 0 Å². The average Bonchev–Trinajstić information content (AvgIpc) is 2.33. The highest BCUT2D eigenvalue weighted by molar-refractivity contribution is 8.00. The van der Waals surface area contributed by atoms with Crippen molar-refractivity contribution in [2.45, 2.75) is 23.7 Å². The van der Waals surface area contributed by atoms with Gasteiger partial charge in [-0.2, -0.15) is 13.2 Å².